The van der Waals surface area contributed by atoms with E-state index in [-0.39, 0.29) is 5.75 Å². The highest BCUT2D eigenvalue weighted by Crippen LogP contribution is 2.30. The Labute approximate surface area is 118 Å². The van der Waals surface area contributed by atoms with Crippen LogP contribution in [-0.2, 0) is 0 Å². The molecular weight excluding hydrogens is 348 g/mol. The number of nitrogens with zero attached hydrogens (tertiary/aromatic N) is 2. The molecule has 3 nitrogen and oxygen atoms in total. The van der Waals surface area contributed by atoms with Gasteiger partial charge in [-0.05, 0) is 47.3 Å². The Balaban J connectivity index is 2.14. The molecule has 1 fully saturated rings. The van der Waals surface area contributed by atoms with Crippen molar-refractivity contribution in [3.05, 3.63) is 26.6 Å². The Morgan fingerprint density at radius 3 is 2.59 bits per heavy atom. The molecule has 1 heterocycles. The van der Waals surface area contributed by atoms with Gasteiger partial charge in [0, 0.05) is 23.1 Å². The van der Waals surface area contributed by atoms with Crippen LogP contribution in [0.3, 0.4) is 0 Å². The van der Waals surface area contributed by atoms with Gasteiger partial charge in [-0.25, -0.2) is 0 Å². The summed E-state index contributed by atoms with van der Waals surface area (Å²) in [5.74, 6) is 0.231. The molecule has 0 amide bonds. The molecular formula is C12H14Br2N2O. The van der Waals surface area contributed by atoms with Crippen LogP contribution in [0.15, 0.2) is 26.2 Å². The van der Waals surface area contributed by atoms with E-state index in [0.717, 1.165) is 23.1 Å². The van der Waals surface area contributed by atoms with Crippen LogP contribution in [-0.4, -0.2) is 29.4 Å². The summed E-state index contributed by atoms with van der Waals surface area (Å²) in [5.41, 5.74) is 0.719. The molecule has 1 N–H and O–H groups in total. The van der Waals surface area contributed by atoms with Gasteiger partial charge in [-0.2, -0.15) is 5.10 Å². The third-order valence-electron chi connectivity index (χ3n) is 2.75. The maximum absolute atomic E-state index is 9.87. The van der Waals surface area contributed by atoms with E-state index < -0.39 is 0 Å². The lowest BCUT2D eigenvalue weighted by molar-refractivity contribution is 0.240. The topological polar surface area (TPSA) is 35.8 Å². The largest absolute Gasteiger partial charge is 0.506 e. The zero-order valence-electron chi connectivity index (χ0n) is 9.37. The van der Waals surface area contributed by atoms with Crippen LogP contribution in [0.25, 0.3) is 0 Å². The average Bonchev–Trinajstić information content (AvgIpc) is 2.33. The lowest BCUT2D eigenvalue weighted by atomic mass is 10.2. The zero-order chi connectivity index (χ0) is 12.3. The molecule has 0 spiro atoms. The van der Waals surface area contributed by atoms with Gasteiger partial charge in [-0.1, -0.05) is 15.9 Å². The average molecular weight is 362 g/mol. The normalized spacial score (nSPS) is 16.7. The predicted octanol–water partition coefficient (Wildman–Crippen LogP) is 3.74. The number of aromatic hydroxyl groups is 1. The van der Waals surface area contributed by atoms with Crippen LogP contribution in [0.1, 0.15) is 24.8 Å². The third kappa shape index (κ3) is 3.45. The molecule has 0 bridgehead atoms. The minimum Gasteiger partial charge on any atom is -0.506 e. The molecule has 5 heteroatoms. The van der Waals surface area contributed by atoms with Crippen LogP contribution in [0.2, 0.25) is 0 Å². The highest BCUT2D eigenvalue weighted by Gasteiger charge is 2.08. The van der Waals surface area contributed by atoms with Crippen molar-refractivity contribution in [2.24, 2.45) is 5.10 Å². The van der Waals surface area contributed by atoms with E-state index in [1.807, 2.05) is 12.1 Å². The van der Waals surface area contributed by atoms with E-state index in [1.54, 1.807) is 6.21 Å². The van der Waals surface area contributed by atoms with E-state index in [2.05, 4.69) is 42.0 Å². The summed E-state index contributed by atoms with van der Waals surface area (Å²) in [6.07, 6.45) is 5.41. The molecule has 0 saturated carbocycles. The van der Waals surface area contributed by atoms with Gasteiger partial charge in [0.15, 0.2) is 0 Å². The number of halogens is 2. The zero-order valence-corrected chi connectivity index (χ0v) is 12.5. The molecule has 0 atom stereocenters. The monoisotopic (exact) mass is 360 g/mol. The molecule has 17 heavy (non-hydrogen) atoms. The Bertz CT molecular complexity index is 429. The van der Waals surface area contributed by atoms with E-state index in [4.69, 9.17) is 0 Å². The first-order valence-corrected chi connectivity index (χ1v) is 7.22. The highest BCUT2D eigenvalue weighted by molar-refractivity contribution is 9.11. The van der Waals surface area contributed by atoms with E-state index in [1.165, 1.54) is 19.3 Å². The number of benzene rings is 1. The molecule has 1 aromatic carbocycles. The van der Waals surface area contributed by atoms with Crippen molar-refractivity contribution >= 4 is 38.1 Å². The molecule has 0 aromatic heterocycles. The fourth-order valence-electron chi connectivity index (χ4n) is 1.82. The van der Waals surface area contributed by atoms with Crippen molar-refractivity contribution in [3.63, 3.8) is 0 Å². The second kappa shape index (κ2) is 5.87. The van der Waals surface area contributed by atoms with Gasteiger partial charge >= 0.3 is 0 Å². The highest BCUT2D eigenvalue weighted by atomic mass is 79.9. The van der Waals surface area contributed by atoms with Gasteiger partial charge in [0.05, 0.1) is 10.7 Å². The number of piperidine rings is 1. The maximum Gasteiger partial charge on any atom is 0.138 e. The van der Waals surface area contributed by atoms with Gasteiger partial charge in [0.2, 0.25) is 0 Å². The summed E-state index contributed by atoms with van der Waals surface area (Å²) < 4.78 is 1.59. The Morgan fingerprint density at radius 2 is 1.88 bits per heavy atom. The SMILES string of the molecule is Oc1c(Br)cc(Br)cc1C=NN1CCCCC1. The first-order chi connectivity index (χ1) is 8.16. The van der Waals surface area contributed by atoms with E-state index in [9.17, 15) is 5.11 Å². The Morgan fingerprint density at radius 1 is 1.18 bits per heavy atom. The summed E-state index contributed by atoms with van der Waals surface area (Å²) in [7, 11) is 0. The lowest BCUT2D eigenvalue weighted by Gasteiger charge is -2.23. The van der Waals surface area contributed by atoms with Crippen molar-refractivity contribution in [3.8, 4) is 5.75 Å². The molecule has 1 aliphatic heterocycles. The second-order valence-corrected chi connectivity index (χ2v) is 5.85. The number of hydrogen-bond acceptors (Lipinski definition) is 3. The summed E-state index contributed by atoms with van der Waals surface area (Å²) in [4.78, 5) is 0. The molecule has 2 rings (SSSR count). The quantitative estimate of drug-likeness (QED) is 0.814. The molecule has 1 saturated heterocycles. The molecule has 0 radical (unpaired) electrons. The maximum atomic E-state index is 9.87. The molecule has 1 aliphatic rings. The number of phenols is 1. The van der Waals surface area contributed by atoms with Crippen molar-refractivity contribution < 1.29 is 5.11 Å². The number of hydrazone groups is 1. The lowest BCUT2D eigenvalue weighted by Crippen LogP contribution is -2.24. The fourth-order valence-corrected chi connectivity index (χ4v) is 3.08. The standard InChI is InChI=1S/C12H14Br2N2O/c13-10-6-9(12(17)11(14)7-10)8-15-16-4-2-1-3-5-16/h6-8,17H,1-5H2. The van der Waals surface area contributed by atoms with Gasteiger partial charge in [0.1, 0.15) is 5.75 Å². The van der Waals surface area contributed by atoms with Crippen LogP contribution < -0.4 is 0 Å². The first kappa shape index (κ1) is 12.9. The van der Waals surface area contributed by atoms with Crippen molar-refractivity contribution in [1.29, 1.82) is 0 Å². The van der Waals surface area contributed by atoms with Crippen molar-refractivity contribution in [2.45, 2.75) is 19.3 Å². The van der Waals surface area contributed by atoms with E-state index in [0.29, 0.717) is 4.47 Å². The predicted molar refractivity (Wildman–Crippen MR) is 76.5 cm³/mol. The van der Waals surface area contributed by atoms with Gasteiger partial charge in [-0.3, -0.25) is 5.01 Å². The summed E-state index contributed by atoms with van der Waals surface area (Å²) in [6, 6.07) is 3.67. The van der Waals surface area contributed by atoms with Crippen molar-refractivity contribution in [1.82, 2.24) is 5.01 Å². The Kier molecular flexibility index (Phi) is 4.45. The minimum absolute atomic E-state index is 0.231. The number of rotatable bonds is 2. The van der Waals surface area contributed by atoms with Crippen LogP contribution in [0.5, 0.6) is 5.75 Å². The minimum atomic E-state index is 0.231. The smallest absolute Gasteiger partial charge is 0.138 e. The van der Waals surface area contributed by atoms with Gasteiger partial charge in [-0.15, -0.1) is 0 Å². The van der Waals surface area contributed by atoms with Crippen LogP contribution in [0, 0.1) is 0 Å². The van der Waals surface area contributed by atoms with Gasteiger partial charge in [0.25, 0.3) is 0 Å². The van der Waals surface area contributed by atoms with Crippen LogP contribution >= 0.6 is 31.9 Å². The second-order valence-electron chi connectivity index (χ2n) is 4.08. The molecule has 0 unspecified atom stereocenters. The number of phenolic OH excluding ortho intramolecular Hbond substituents is 1. The van der Waals surface area contributed by atoms with Crippen LogP contribution in [0.4, 0.5) is 0 Å². The summed E-state index contributed by atoms with van der Waals surface area (Å²) in [6.45, 7) is 2.01. The van der Waals surface area contributed by atoms with Crippen molar-refractivity contribution in [2.75, 3.05) is 13.1 Å². The summed E-state index contributed by atoms with van der Waals surface area (Å²) in [5, 5.41) is 16.3. The Hall–Kier alpha value is -0.550. The third-order valence-corrected chi connectivity index (χ3v) is 3.81. The summed E-state index contributed by atoms with van der Waals surface area (Å²) >= 11 is 6.70. The number of hydrogen-bond donors (Lipinski definition) is 1. The molecule has 0 aliphatic carbocycles. The van der Waals surface area contributed by atoms with E-state index >= 15 is 0 Å². The van der Waals surface area contributed by atoms with Gasteiger partial charge < -0.3 is 5.11 Å². The first-order valence-electron chi connectivity index (χ1n) is 5.64. The fraction of sp³-hybridized carbons (Fsp3) is 0.417. The molecule has 1 aromatic rings. The molecule has 92 valence electrons.